The maximum absolute atomic E-state index is 12.5. The van der Waals surface area contributed by atoms with E-state index in [0.717, 1.165) is 16.9 Å². The van der Waals surface area contributed by atoms with Gasteiger partial charge in [0.15, 0.2) is 5.78 Å². The highest BCUT2D eigenvalue weighted by Crippen LogP contribution is 2.23. The molecule has 2 aromatic carbocycles. The molecule has 106 valence electrons. The van der Waals surface area contributed by atoms with Gasteiger partial charge in [-0.15, -0.1) is 0 Å². The number of carbonyl (C=O) groups excluding carboxylic acids is 1. The number of hydrogen-bond donors (Lipinski definition) is 0. The van der Waals surface area contributed by atoms with E-state index in [1.807, 2.05) is 35.8 Å². The molecule has 0 spiro atoms. The Morgan fingerprint density at radius 3 is 2.71 bits per heavy atom. The Morgan fingerprint density at radius 1 is 1.19 bits per heavy atom. The monoisotopic (exact) mass is 318 g/mol. The van der Waals surface area contributed by atoms with E-state index >= 15 is 0 Å². The van der Waals surface area contributed by atoms with Gasteiger partial charge >= 0.3 is 0 Å². The van der Waals surface area contributed by atoms with Crippen LogP contribution in [0.1, 0.15) is 16.2 Å². The molecule has 0 unspecified atom stereocenters. The Labute approximate surface area is 132 Å². The van der Waals surface area contributed by atoms with Gasteiger partial charge in [-0.05, 0) is 37.3 Å². The van der Waals surface area contributed by atoms with Crippen molar-refractivity contribution in [2.45, 2.75) is 13.5 Å². The summed E-state index contributed by atoms with van der Waals surface area (Å²) in [6.45, 7) is 2.09. The van der Waals surface area contributed by atoms with Crippen molar-refractivity contribution in [3.05, 3.63) is 63.9 Å². The number of benzene rings is 2. The van der Waals surface area contributed by atoms with Crippen LogP contribution in [0.5, 0.6) is 0 Å². The van der Waals surface area contributed by atoms with E-state index < -0.39 is 0 Å². The van der Waals surface area contributed by atoms with Crippen LogP contribution in [0.2, 0.25) is 10.0 Å². The first-order valence-electron chi connectivity index (χ1n) is 6.46. The van der Waals surface area contributed by atoms with E-state index in [-0.39, 0.29) is 12.3 Å². The fraction of sp³-hybridized carbons (Fsp3) is 0.125. The second kappa shape index (κ2) is 5.51. The zero-order valence-electron chi connectivity index (χ0n) is 11.3. The molecular weight excluding hydrogens is 307 g/mol. The molecule has 3 nitrogen and oxygen atoms in total. The van der Waals surface area contributed by atoms with Crippen LogP contribution in [0.15, 0.2) is 42.5 Å². The van der Waals surface area contributed by atoms with Crippen molar-refractivity contribution in [1.29, 1.82) is 0 Å². The Bertz CT molecular complexity index is 839. The molecule has 0 radical (unpaired) electrons. The van der Waals surface area contributed by atoms with Gasteiger partial charge in [-0.3, -0.25) is 4.79 Å². The average Bonchev–Trinajstić information content (AvgIpc) is 2.75. The van der Waals surface area contributed by atoms with E-state index in [1.165, 1.54) is 0 Å². The highest BCUT2D eigenvalue weighted by atomic mass is 35.5. The van der Waals surface area contributed by atoms with Crippen molar-refractivity contribution in [2.75, 3.05) is 0 Å². The fourth-order valence-corrected chi connectivity index (χ4v) is 2.85. The summed E-state index contributed by atoms with van der Waals surface area (Å²) in [5.41, 5.74) is 2.29. The lowest BCUT2D eigenvalue weighted by Crippen LogP contribution is -2.12. The van der Waals surface area contributed by atoms with Crippen molar-refractivity contribution in [3.63, 3.8) is 0 Å². The van der Waals surface area contributed by atoms with Crippen LogP contribution in [0.25, 0.3) is 11.0 Å². The number of Topliss-reactive ketones (excluding diaryl/α,β-unsaturated/α-hetero) is 1. The van der Waals surface area contributed by atoms with Crippen LogP contribution in [-0.4, -0.2) is 15.3 Å². The molecular formula is C16H12Cl2N2O. The molecule has 0 fully saturated rings. The van der Waals surface area contributed by atoms with E-state index in [2.05, 4.69) is 4.98 Å². The molecule has 0 amide bonds. The molecule has 3 rings (SSSR count). The molecule has 0 saturated heterocycles. The number of nitrogens with zero attached hydrogens (tertiary/aromatic N) is 2. The lowest BCUT2D eigenvalue weighted by atomic mass is 10.1. The van der Waals surface area contributed by atoms with Gasteiger partial charge < -0.3 is 4.57 Å². The Kier molecular flexibility index (Phi) is 3.70. The van der Waals surface area contributed by atoms with Crippen molar-refractivity contribution >= 4 is 40.0 Å². The van der Waals surface area contributed by atoms with E-state index in [1.54, 1.807) is 18.2 Å². The normalized spacial score (nSPS) is 11.0. The standard InChI is InChI=1S/C16H12Cl2N2O/c1-10-19-14-4-2-3-5-15(14)20(10)9-16(21)12-7-6-11(17)8-13(12)18/h2-8H,9H2,1H3. The summed E-state index contributed by atoms with van der Waals surface area (Å²) in [7, 11) is 0. The molecule has 1 heterocycles. The summed E-state index contributed by atoms with van der Waals surface area (Å²) in [5.74, 6) is 0.734. The van der Waals surface area contributed by atoms with Gasteiger partial charge in [0.25, 0.3) is 0 Å². The van der Waals surface area contributed by atoms with Gasteiger partial charge in [0.1, 0.15) is 5.82 Å². The average molecular weight is 319 g/mol. The Morgan fingerprint density at radius 2 is 1.95 bits per heavy atom. The van der Waals surface area contributed by atoms with Crippen LogP contribution in [-0.2, 0) is 6.54 Å². The smallest absolute Gasteiger partial charge is 0.184 e. The number of carbonyl (C=O) groups is 1. The summed E-state index contributed by atoms with van der Waals surface area (Å²) in [5, 5.41) is 0.885. The van der Waals surface area contributed by atoms with Crippen molar-refractivity contribution < 1.29 is 4.79 Å². The molecule has 5 heteroatoms. The molecule has 3 aromatic rings. The third-order valence-electron chi connectivity index (χ3n) is 3.38. The summed E-state index contributed by atoms with van der Waals surface area (Å²) in [6, 6.07) is 12.6. The number of aryl methyl sites for hydroxylation is 1. The minimum Gasteiger partial charge on any atom is -0.320 e. The van der Waals surface area contributed by atoms with E-state index in [0.29, 0.717) is 15.6 Å². The molecule has 0 bridgehead atoms. The first kappa shape index (κ1) is 14.1. The second-order valence-electron chi connectivity index (χ2n) is 4.78. The third kappa shape index (κ3) is 2.67. The number of hydrogen-bond acceptors (Lipinski definition) is 2. The third-order valence-corrected chi connectivity index (χ3v) is 3.93. The number of halogens is 2. The minimum absolute atomic E-state index is 0.0667. The largest absolute Gasteiger partial charge is 0.320 e. The van der Waals surface area contributed by atoms with E-state index in [9.17, 15) is 4.79 Å². The van der Waals surface area contributed by atoms with Gasteiger partial charge in [0.05, 0.1) is 22.6 Å². The number of ketones is 1. The number of fused-ring (bicyclic) bond motifs is 1. The summed E-state index contributed by atoms with van der Waals surface area (Å²) < 4.78 is 1.89. The highest BCUT2D eigenvalue weighted by Gasteiger charge is 2.15. The fourth-order valence-electron chi connectivity index (χ4n) is 2.34. The van der Waals surface area contributed by atoms with Gasteiger partial charge in [0, 0.05) is 10.6 Å². The van der Waals surface area contributed by atoms with Crippen molar-refractivity contribution in [1.82, 2.24) is 9.55 Å². The van der Waals surface area contributed by atoms with Crippen molar-refractivity contribution in [2.24, 2.45) is 0 Å². The maximum atomic E-state index is 12.5. The van der Waals surface area contributed by atoms with Gasteiger partial charge in [-0.25, -0.2) is 4.98 Å². The molecule has 0 saturated carbocycles. The highest BCUT2D eigenvalue weighted by molar-refractivity contribution is 6.36. The SMILES string of the molecule is Cc1nc2ccccc2n1CC(=O)c1ccc(Cl)cc1Cl. The molecule has 0 atom stereocenters. The lowest BCUT2D eigenvalue weighted by Gasteiger charge is -2.08. The first-order chi connectivity index (χ1) is 10.1. The Hall–Kier alpha value is -1.84. The molecule has 21 heavy (non-hydrogen) atoms. The van der Waals surface area contributed by atoms with Crippen LogP contribution in [0.3, 0.4) is 0 Å². The molecule has 0 aliphatic carbocycles. The second-order valence-corrected chi connectivity index (χ2v) is 5.62. The van der Waals surface area contributed by atoms with Crippen LogP contribution < -0.4 is 0 Å². The van der Waals surface area contributed by atoms with Gasteiger partial charge in [-0.2, -0.15) is 0 Å². The zero-order chi connectivity index (χ0) is 15.0. The van der Waals surface area contributed by atoms with E-state index in [4.69, 9.17) is 23.2 Å². The van der Waals surface area contributed by atoms with Crippen LogP contribution in [0.4, 0.5) is 0 Å². The number of imidazole rings is 1. The predicted molar refractivity (Wildman–Crippen MR) is 85.3 cm³/mol. The van der Waals surface area contributed by atoms with Gasteiger partial charge in [0.2, 0.25) is 0 Å². The van der Waals surface area contributed by atoms with Crippen molar-refractivity contribution in [3.8, 4) is 0 Å². The zero-order valence-corrected chi connectivity index (χ0v) is 12.8. The van der Waals surface area contributed by atoms with Gasteiger partial charge in [-0.1, -0.05) is 35.3 Å². The molecule has 1 aromatic heterocycles. The number of aromatic nitrogens is 2. The number of rotatable bonds is 3. The predicted octanol–water partition coefficient (Wildman–Crippen LogP) is 4.53. The Balaban J connectivity index is 1.98. The summed E-state index contributed by atoms with van der Waals surface area (Å²) >= 11 is 11.9. The molecule has 0 aliphatic heterocycles. The maximum Gasteiger partial charge on any atom is 0.184 e. The quantitative estimate of drug-likeness (QED) is 0.665. The molecule has 0 N–H and O–H groups in total. The number of para-hydroxylation sites is 2. The van der Waals surface area contributed by atoms with Crippen LogP contribution >= 0.6 is 23.2 Å². The minimum atomic E-state index is -0.0667. The topological polar surface area (TPSA) is 34.9 Å². The summed E-state index contributed by atoms with van der Waals surface area (Å²) in [6.07, 6.45) is 0. The lowest BCUT2D eigenvalue weighted by molar-refractivity contribution is 0.0972. The molecule has 0 aliphatic rings. The first-order valence-corrected chi connectivity index (χ1v) is 7.22. The van der Waals surface area contributed by atoms with Crippen LogP contribution in [0, 0.1) is 6.92 Å². The summed E-state index contributed by atoms with van der Waals surface area (Å²) in [4.78, 5) is 16.9.